The van der Waals surface area contributed by atoms with Gasteiger partial charge in [-0.05, 0) is 35.5 Å². The van der Waals surface area contributed by atoms with E-state index < -0.39 is 0 Å². The minimum Gasteiger partial charge on any atom is -0.266 e. The minimum atomic E-state index is -0.132. The number of rotatable bonds is 5. The number of carbonyl (C=O) groups excluding carboxylic acids is 1. The molecule has 1 heterocycles. The van der Waals surface area contributed by atoms with Gasteiger partial charge in [0, 0.05) is 11.0 Å². The highest BCUT2D eigenvalue weighted by Crippen LogP contribution is 2.40. The van der Waals surface area contributed by atoms with Crippen LogP contribution in [0.25, 0.3) is 5.57 Å². The largest absolute Gasteiger partial charge is 0.283 e. The molecule has 0 fully saturated rings. The molecule has 0 bridgehead atoms. The molecule has 0 aromatic heterocycles. The fourth-order valence-electron chi connectivity index (χ4n) is 2.72. The lowest BCUT2D eigenvalue weighted by atomic mass is 9.84. The topological polar surface area (TPSA) is 29.4 Å². The molecule has 2 nitrogen and oxygen atoms in total. The van der Waals surface area contributed by atoms with Gasteiger partial charge in [-0.1, -0.05) is 61.4 Å². The summed E-state index contributed by atoms with van der Waals surface area (Å²) in [6, 6.07) is 10.1. The van der Waals surface area contributed by atoms with Gasteiger partial charge in [0.25, 0.3) is 5.91 Å². The van der Waals surface area contributed by atoms with Crippen LogP contribution in [0, 0.1) is 5.92 Å². The number of carbonyl (C=O) groups is 1. The summed E-state index contributed by atoms with van der Waals surface area (Å²) < 4.78 is 0. The van der Waals surface area contributed by atoms with Crippen LogP contribution in [-0.2, 0) is 4.79 Å². The van der Waals surface area contributed by atoms with Gasteiger partial charge in [0.2, 0.25) is 0 Å². The number of dihydropyridines is 1. The van der Waals surface area contributed by atoms with Crippen LogP contribution in [0.5, 0.6) is 0 Å². The number of nitrogens with zero attached hydrogens (tertiary/aromatic N) is 1. The summed E-state index contributed by atoms with van der Waals surface area (Å²) in [6.45, 7) is 2.15. The molecule has 1 atom stereocenters. The molecule has 118 valence electrons. The highest BCUT2D eigenvalue weighted by atomic mass is 35.5. The van der Waals surface area contributed by atoms with Crippen molar-refractivity contribution in [3.05, 3.63) is 64.1 Å². The molecule has 2 aliphatic rings. The number of aliphatic imine (C=N–C) groups is 1. The third-order valence-corrected chi connectivity index (χ3v) is 5.30. The zero-order valence-electron chi connectivity index (χ0n) is 13.0. The Kier molecular flexibility index (Phi) is 5.19. The average molecular weight is 344 g/mol. The minimum absolute atomic E-state index is 0.0447. The van der Waals surface area contributed by atoms with Crippen molar-refractivity contribution in [2.75, 3.05) is 5.75 Å². The van der Waals surface area contributed by atoms with Gasteiger partial charge in [-0.25, -0.2) is 4.99 Å². The number of amides is 1. The van der Waals surface area contributed by atoms with Crippen molar-refractivity contribution < 1.29 is 4.79 Å². The molecule has 4 heteroatoms. The molecule has 1 aromatic rings. The smallest absolute Gasteiger partial charge is 0.266 e. The summed E-state index contributed by atoms with van der Waals surface area (Å²) in [5.41, 5.74) is 2.87. The number of allylic oxidation sites excluding steroid dienone is 5. The summed E-state index contributed by atoms with van der Waals surface area (Å²) in [5, 5.41) is 0.689. The summed E-state index contributed by atoms with van der Waals surface area (Å²) in [4.78, 5) is 17.6. The lowest BCUT2D eigenvalue weighted by molar-refractivity contribution is -0.113. The second-order valence-electron chi connectivity index (χ2n) is 5.52. The third-order valence-electron chi connectivity index (χ3n) is 3.87. The molecule has 1 aliphatic heterocycles. The Morgan fingerprint density at radius 3 is 2.74 bits per heavy atom. The van der Waals surface area contributed by atoms with Crippen LogP contribution in [0.2, 0.25) is 0 Å². The maximum absolute atomic E-state index is 12.6. The van der Waals surface area contributed by atoms with Crippen LogP contribution in [0.4, 0.5) is 0 Å². The average Bonchev–Trinajstić information content (AvgIpc) is 2.56. The summed E-state index contributed by atoms with van der Waals surface area (Å²) in [5.74, 6) is 0.752. The van der Waals surface area contributed by atoms with Crippen molar-refractivity contribution in [2.24, 2.45) is 10.9 Å². The molecule has 1 aromatic carbocycles. The van der Waals surface area contributed by atoms with Crippen molar-refractivity contribution in [1.29, 1.82) is 0 Å². The second kappa shape index (κ2) is 7.33. The predicted octanol–water partition coefficient (Wildman–Crippen LogP) is 5.22. The fourth-order valence-corrected chi connectivity index (χ4v) is 4.11. The third kappa shape index (κ3) is 3.51. The number of halogens is 1. The first-order chi connectivity index (χ1) is 11.2. The SMILES string of the molecule is CCCCSC1=C(c2ccccc2)C2C=C(Cl)C=CC2=NC1=O. The molecule has 3 rings (SSSR count). The van der Waals surface area contributed by atoms with E-state index in [-0.39, 0.29) is 11.8 Å². The van der Waals surface area contributed by atoms with E-state index in [9.17, 15) is 4.79 Å². The zero-order chi connectivity index (χ0) is 16.2. The Morgan fingerprint density at radius 2 is 2.00 bits per heavy atom. The molecule has 23 heavy (non-hydrogen) atoms. The molecule has 0 saturated carbocycles. The Labute approximate surface area is 146 Å². The number of benzene rings is 1. The zero-order valence-corrected chi connectivity index (χ0v) is 14.5. The van der Waals surface area contributed by atoms with E-state index in [2.05, 4.69) is 11.9 Å². The normalized spacial score (nSPS) is 20.3. The number of hydrogen-bond donors (Lipinski definition) is 0. The molecular formula is C19H18ClNOS. The van der Waals surface area contributed by atoms with Crippen LogP contribution in [0.1, 0.15) is 25.3 Å². The van der Waals surface area contributed by atoms with Crippen molar-refractivity contribution in [1.82, 2.24) is 0 Å². The van der Waals surface area contributed by atoms with Gasteiger partial charge in [0.05, 0.1) is 10.6 Å². The molecule has 0 saturated heterocycles. The first-order valence-electron chi connectivity index (χ1n) is 7.81. The first-order valence-corrected chi connectivity index (χ1v) is 9.17. The van der Waals surface area contributed by atoms with Crippen molar-refractivity contribution in [2.45, 2.75) is 19.8 Å². The van der Waals surface area contributed by atoms with E-state index in [4.69, 9.17) is 11.6 Å². The number of hydrogen-bond acceptors (Lipinski definition) is 2. The number of fused-ring (bicyclic) bond motifs is 1. The summed E-state index contributed by atoms with van der Waals surface area (Å²) in [7, 11) is 0. The lowest BCUT2D eigenvalue weighted by Gasteiger charge is -2.26. The van der Waals surface area contributed by atoms with E-state index in [1.54, 1.807) is 17.8 Å². The molecular weight excluding hydrogens is 326 g/mol. The molecule has 1 aliphatic carbocycles. The predicted molar refractivity (Wildman–Crippen MR) is 99.7 cm³/mol. The molecule has 0 N–H and O–H groups in total. The van der Waals surface area contributed by atoms with E-state index in [0.29, 0.717) is 5.03 Å². The van der Waals surface area contributed by atoms with Crippen LogP contribution in [0.15, 0.2) is 63.5 Å². The van der Waals surface area contributed by atoms with E-state index in [1.165, 1.54) is 0 Å². The molecule has 1 amide bonds. The monoisotopic (exact) mass is 343 g/mol. The standard InChI is InChI=1S/C19H18ClNOS/c1-2-3-11-23-18-17(13-7-5-4-6-8-13)15-12-14(20)9-10-16(15)21-19(18)22/h4-10,12,15H,2-3,11H2,1H3. The Hall–Kier alpha value is -1.58. The van der Waals surface area contributed by atoms with Gasteiger partial charge in [-0.15, -0.1) is 11.8 Å². The Bertz CT molecular complexity index is 731. The van der Waals surface area contributed by atoms with Gasteiger partial charge >= 0.3 is 0 Å². The molecule has 0 radical (unpaired) electrons. The van der Waals surface area contributed by atoms with Crippen LogP contribution in [0.3, 0.4) is 0 Å². The quantitative estimate of drug-likeness (QED) is 0.686. The van der Waals surface area contributed by atoms with E-state index >= 15 is 0 Å². The van der Waals surface area contributed by atoms with Gasteiger partial charge < -0.3 is 0 Å². The van der Waals surface area contributed by atoms with Crippen molar-refractivity contribution >= 4 is 40.6 Å². The van der Waals surface area contributed by atoms with E-state index in [1.807, 2.05) is 42.5 Å². The second-order valence-corrected chi connectivity index (χ2v) is 7.06. The summed E-state index contributed by atoms with van der Waals surface area (Å²) in [6.07, 6.45) is 7.82. The Balaban J connectivity index is 2.07. The Morgan fingerprint density at radius 1 is 1.22 bits per heavy atom. The van der Waals surface area contributed by atoms with E-state index in [0.717, 1.165) is 40.3 Å². The maximum atomic E-state index is 12.6. The lowest BCUT2D eigenvalue weighted by Crippen LogP contribution is -2.23. The summed E-state index contributed by atoms with van der Waals surface area (Å²) >= 11 is 7.82. The molecule has 0 spiro atoms. The van der Waals surface area contributed by atoms with Gasteiger partial charge in [-0.3, -0.25) is 4.79 Å². The van der Waals surface area contributed by atoms with Gasteiger partial charge in [-0.2, -0.15) is 0 Å². The van der Waals surface area contributed by atoms with Crippen molar-refractivity contribution in [3.63, 3.8) is 0 Å². The van der Waals surface area contributed by atoms with Gasteiger partial charge in [0.1, 0.15) is 0 Å². The highest BCUT2D eigenvalue weighted by Gasteiger charge is 2.31. The first kappa shape index (κ1) is 16.3. The number of unbranched alkanes of at least 4 members (excludes halogenated alkanes) is 1. The van der Waals surface area contributed by atoms with Crippen LogP contribution < -0.4 is 0 Å². The maximum Gasteiger partial charge on any atom is 0.283 e. The van der Waals surface area contributed by atoms with Crippen LogP contribution >= 0.6 is 23.4 Å². The van der Waals surface area contributed by atoms with Gasteiger partial charge in [0.15, 0.2) is 0 Å². The van der Waals surface area contributed by atoms with Crippen molar-refractivity contribution in [3.8, 4) is 0 Å². The molecule has 1 unspecified atom stereocenters. The highest BCUT2D eigenvalue weighted by molar-refractivity contribution is 8.04. The van der Waals surface area contributed by atoms with Crippen LogP contribution in [-0.4, -0.2) is 17.4 Å². The fraction of sp³-hybridized carbons (Fsp3) is 0.263. The number of thioether (sulfide) groups is 1.